The third-order valence-corrected chi connectivity index (χ3v) is 3.73. The van der Waals surface area contributed by atoms with E-state index in [1.54, 1.807) is 6.92 Å². The molecule has 2 rings (SSSR count). The molecular weight excluding hydrogens is 258 g/mol. The predicted molar refractivity (Wildman–Crippen MR) is 74.4 cm³/mol. The van der Waals surface area contributed by atoms with Gasteiger partial charge in [0.15, 0.2) is 0 Å². The Hall–Kier alpha value is -1.59. The molecular formula is C15H22NO4+. The van der Waals surface area contributed by atoms with Crippen molar-refractivity contribution in [2.24, 2.45) is 0 Å². The molecule has 110 valence electrons. The van der Waals surface area contributed by atoms with Crippen molar-refractivity contribution in [1.29, 1.82) is 0 Å². The first-order chi connectivity index (χ1) is 9.38. The number of morpholine rings is 1. The molecule has 5 nitrogen and oxygen atoms in total. The minimum atomic E-state index is -0.122. The lowest BCUT2D eigenvalue weighted by atomic mass is 10.0. The Morgan fingerprint density at radius 3 is 2.50 bits per heavy atom. The van der Waals surface area contributed by atoms with Crippen LogP contribution >= 0.6 is 0 Å². The number of phenols is 2. The van der Waals surface area contributed by atoms with Crippen molar-refractivity contribution in [3.8, 4) is 11.5 Å². The monoisotopic (exact) mass is 280 g/mol. The highest BCUT2D eigenvalue weighted by atomic mass is 16.5. The number of ketones is 1. The van der Waals surface area contributed by atoms with Crippen LogP contribution in [-0.2, 0) is 4.74 Å². The molecule has 3 N–H and O–H groups in total. The number of benzene rings is 1. The summed E-state index contributed by atoms with van der Waals surface area (Å²) in [6, 6.07) is 2.93. The number of carbonyl (C=O) groups excluding carboxylic acids is 1. The largest absolute Gasteiger partial charge is 0.508 e. The van der Waals surface area contributed by atoms with E-state index in [1.807, 2.05) is 13.8 Å². The molecule has 0 aliphatic carbocycles. The van der Waals surface area contributed by atoms with Crippen LogP contribution in [0.25, 0.3) is 0 Å². The molecule has 2 atom stereocenters. The Morgan fingerprint density at radius 2 is 1.90 bits per heavy atom. The molecule has 0 bridgehead atoms. The number of aromatic hydroxyl groups is 2. The van der Waals surface area contributed by atoms with Gasteiger partial charge in [-0.3, -0.25) is 4.79 Å². The molecule has 5 heteroatoms. The summed E-state index contributed by atoms with van der Waals surface area (Å²) in [5, 5.41) is 19.5. The van der Waals surface area contributed by atoms with Crippen molar-refractivity contribution in [2.75, 3.05) is 19.6 Å². The maximum absolute atomic E-state index is 12.3. The summed E-state index contributed by atoms with van der Waals surface area (Å²) < 4.78 is 5.65. The van der Waals surface area contributed by atoms with Gasteiger partial charge in [0.2, 0.25) is 5.78 Å². The second kappa shape index (κ2) is 5.81. The molecule has 1 saturated heterocycles. The zero-order valence-corrected chi connectivity index (χ0v) is 12.1. The number of quaternary nitrogens is 1. The van der Waals surface area contributed by atoms with Gasteiger partial charge in [0.05, 0.1) is 5.56 Å². The molecule has 1 aliphatic rings. The molecule has 1 fully saturated rings. The van der Waals surface area contributed by atoms with Crippen molar-refractivity contribution in [3.63, 3.8) is 0 Å². The lowest BCUT2D eigenvalue weighted by molar-refractivity contribution is -0.906. The van der Waals surface area contributed by atoms with Crippen molar-refractivity contribution in [3.05, 3.63) is 23.3 Å². The molecule has 0 aromatic heterocycles. The van der Waals surface area contributed by atoms with Crippen LogP contribution in [0.3, 0.4) is 0 Å². The molecule has 0 saturated carbocycles. The van der Waals surface area contributed by atoms with E-state index >= 15 is 0 Å². The van der Waals surface area contributed by atoms with Crippen LogP contribution in [0.2, 0.25) is 0 Å². The van der Waals surface area contributed by atoms with Crippen LogP contribution in [0, 0.1) is 6.92 Å². The molecule has 1 heterocycles. The first-order valence-corrected chi connectivity index (χ1v) is 6.92. The lowest BCUT2D eigenvalue weighted by Gasteiger charge is -2.32. The summed E-state index contributed by atoms with van der Waals surface area (Å²) in [4.78, 5) is 13.5. The van der Waals surface area contributed by atoms with Crippen molar-refractivity contribution >= 4 is 5.78 Å². The second-order valence-electron chi connectivity index (χ2n) is 5.62. The fourth-order valence-corrected chi connectivity index (χ4v) is 2.77. The van der Waals surface area contributed by atoms with Crippen LogP contribution in [-0.4, -0.2) is 47.8 Å². The normalized spacial score (nSPS) is 26.4. The Balaban J connectivity index is 2.11. The van der Waals surface area contributed by atoms with Crippen LogP contribution in [0.15, 0.2) is 12.1 Å². The predicted octanol–water partition coefficient (Wildman–Crippen LogP) is 0.281. The van der Waals surface area contributed by atoms with Crippen molar-refractivity contribution < 1.29 is 24.6 Å². The highest BCUT2D eigenvalue weighted by Gasteiger charge is 2.28. The average molecular weight is 280 g/mol. The summed E-state index contributed by atoms with van der Waals surface area (Å²) >= 11 is 0. The van der Waals surface area contributed by atoms with Gasteiger partial charge in [-0.1, -0.05) is 0 Å². The smallest absolute Gasteiger partial charge is 0.220 e. The van der Waals surface area contributed by atoms with Crippen LogP contribution in [0.5, 0.6) is 11.5 Å². The maximum atomic E-state index is 12.3. The van der Waals surface area contributed by atoms with Crippen LogP contribution in [0.4, 0.5) is 0 Å². The quantitative estimate of drug-likeness (QED) is 0.696. The summed E-state index contributed by atoms with van der Waals surface area (Å²) in [7, 11) is 0. The fourth-order valence-electron chi connectivity index (χ4n) is 2.77. The SMILES string of the molecule is Cc1c(O)ccc(C(=O)C[NH+]2C[C@H](C)O[C@@H](C)C2)c1O. The average Bonchev–Trinajstić information content (AvgIpc) is 2.34. The summed E-state index contributed by atoms with van der Waals surface area (Å²) in [6.45, 7) is 7.50. The zero-order valence-electron chi connectivity index (χ0n) is 12.1. The summed E-state index contributed by atoms with van der Waals surface area (Å²) in [5.74, 6) is -0.231. The second-order valence-corrected chi connectivity index (χ2v) is 5.62. The van der Waals surface area contributed by atoms with E-state index in [1.165, 1.54) is 12.1 Å². The standard InChI is InChI=1S/C15H21NO4/c1-9-6-16(7-10(2)20-9)8-14(18)12-4-5-13(17)11(3)15(12)19/h4-5,9-10,17,19H,6-8H2,1-3H3/p+1/t9-,10-/m0/s1. The van der Waals surface area contributed by atoms with E-state index in [0.29, 0.717) is 12.1 Å². The molecule has 0 unspecified atom stereocenters. The maximum Gasteiger partial charge on any atom is 0.220 e. The topological polar surface area (TPSA) is 71.2 Å². The van der Waals surface area contributed by atoms with E-state index in [-0.39, 0.29) is 35.1 Å². The Morgan fingerprint density at radius 1 is 1.30 bits per heavy atom. The number of hydrogen-bond acceptors (Lipinski definition) is 4. The molecule has 0 amide bonds. The first kappa shape index (κ1) is 14.8. The third kappa shape index (κ3) is 3.11. The van der Waals surface area contributed by atoms with E-state index in [9.17, 15) is 15.0 Å². The summed E-state index contributed by atoms with van der Waals surface area (Å²) in [6.07, 6.45) is 0.272. The van der Waals surface area contributed by atoms with Gasteiger partial charge < -0.3 is 19.8 Å². The Labute approximate surface area is 118 Å². The van der Waals surface area contributed by atoms with Gasteiger partial charge >= 0.3 is 0 Å². The van der Waals surface area contributed by atoms with E-state index in [2.05, 4.69) is 0 Å². The van der Waals surface area contributed by atoms with Gasteiger partial charge in [0.25, 0.3) is 0 Å². The van der Waals surface area contributed by atoms with Crippen LogP contribution in [0.1, 0.15) is 29.8 Å². The van der Waals surface area contributed by atoms with Crippen LogP contribution < -0.4 is 4.90 Å². The molecule has 0 radical (unpaired) electrons. The third-order valence-electron chi connectivity index (χ3n) is 3.73. The molecule has 0 spiro atoms. The Kier molecular flexibility index (Phi) is 4.30. The van der Waals surface area contributed by atoms with Gasteiger partial charge in [-0.15, -0.1) is 0 Å². The van der Waals surface area contributed by atoms with Gasteiger partial charge in [0.1, 0.15) is 43.3 Å². The Bertz CT molecular complexity index is 505. The number of hydrogen-bond donors (Lipinski definition) is 3. The lowest BCUT2D eigenvalue weighted by Crippen LogP contribution is -3.16. The molecule has 1 aliphatic heterocycles. The van der Waals surface area contributed by atoms with E-state index < -0.39 is 0 Å². The molecule has 20 heavy (non-hydrogen) atoms. The van der Waals surface area contributed by atoms with E-state index in [0.717, 1.165) is 18.0 Å². The summed E-state index contributed by atoms with van der Waals surface area (Å²) in [5.41, 5.74) is 0.620. The van der Waals surface area contributed by atoms with Gasteiger partial charge in [-0.05, 0) is 32.9 Å². The van der Waals surface area contributed by atoms with Crippen molar-refractivity contribution in [1.82, 2.24) is 0 Å². The number of phenolic OH excluding ortho intramolecular Hbond substituents is 2. The number of rotatable bonds is 3. The molecule has 1 aromatic rings. The minimum Gasteiger partial charge on any atom is -0.508 e. The highest BCUT2D eigenvalue weighted by Crippen LogP contribution is 2.29. The first-order valence-electron chi connectivity index (χ1n) is 6.92. The van der Waals surface area contributed by atoms with Gasteiger partial charge in [-0.2, -0.15) is 0 Å². The highest BCUT2D eigenvalue weighted by molar-refractivity contribution is 5.99. The van der Waals surface area contributed by atoms with Crippen molar-refractivity contribution in [2.45, 2.75) is 33.0 Å². The number of Topliss-reactive ketones (excluding diaryl/α,β-unsaturated/α-hetero) is 1. The minimum absolute atomic E-state index is 0.0000129. The number of nitrogens with one attached hydrogen (secondary N) is 1. The number of carbonyl (C=O) groups is 1. The van der Waals surface area contributed by atoms with Gasteiger partial charge in [0, 0.05) is 5.56 Å². The van der Waals surface area contributed by atoms with E-state index in [4.69, 9.17) is 4.74 Å². The number of ether oxygens (including phenoxy) is 1. The molecule has 1 aromatic carbocycles. The van der Waals surface area contributed by atoms with Gasteiger partial charge in [-0.25, -0.2) is 0 Å². The fraction of sp³-hybridized carbons (Fsp3) is 0.533. The zero-order chi connectivity index (χ0) is 14.9.